The van der Waals surface area contributed by atoms with Gasteiger partial charge in [0.05, 0.1) is 16.9 Å². The van der Waals surface area contributed by atoms with Crippen LogP contribution in [0.2, 0.25) is 0 Å². The Labute approximate surface area is 102 Å². The standard InChI is InChI=1S/C13H11F3N2/c14-13(15,16)10-4-1-8(2-5-10)9-3-6-11(17)12(18)7-9/h1-7H,17-18H2. The van der Waals surface area contributed by atoms with E-state index in [0.717, 1.165) is 17.7 Å². The zero-order valence-electron chi connectivity index (χ0n) is 9.33. The zero-order valence-corrected chi connectivity index (χ0v) is 9.33. The van der Waals surface area contributed by atoms with E-state index in [-0.39, 0.29) is 0 Å². The van der Waals surface area contributed by atoms with Gasteiger partial charge in [0, 0.05) is 0 Å². The van der Waals surface area contributed by atoms with Crippen molar-refractivity contribution < 1.29 is 13.2 Å². The van der Waals surface area contributed by atoms with Gasteiger partial charge in [0.25, 0.3) is 0 Å². The van der Waals surface area contributed by atoms with E-state index in [4.69, 9.17) is 11.5 Å². The minimum absolute atomic E-state index is 0.410. The van der Waals surface area contributed by atoms with E-state index >= 15 is 0 Å². The summed E-state index contributed by atoms with van der Waals surface area (Å²) in [5, 5.41) is 0. The van der Waals surface area contributed by atoms with Gasteiger partial charge in [-0.1, -0.05) is 18.2 Å². The lowest BCUT2D eigenvalue weighted by Crippen LogP contribution is -2.04. The third-order valence-corrected chi connectivity index (χ3v) is 2.63. The summed E-state index contributed by atoms with van der Waals surface area (Å²) >= 11 is 0. The quantitative estimate of drug-likeness (QED) is 0.763. The summed E-state index contributed by atoms with van der Waals surface area (Å²) in [5.41, 5.74) is 12.8. The fourth-order valence-electron chi connectivity index (χ4n) is 1.61. The van der Waals surface area contributed by atoms with Gasteiger partial charge < -0.3 is 11.5 Å². The molecule has 0 saturated heterocycles. The third kappa shape index (κ3) is 2.40. The SMILES string of the molecule is Nc1ccc(-c2ccc(C(F)(F)F)cc2)cc1N. The van der Waals surface area contributed by atoms with Crippen LogP contribution in [0.15, 0.2) is 42.5 Å². The van der Waals surface area contributed by atoms with E-state index < -0.39 is 11.7 Å². The molecule has 0 aliphatic rings. The van der Waals surface area contributed by atoms with E-state index in [9.17, 15) is 13.2 Å². The van der Waals surface area contributed by atoms with Gasteiger partial charge in [-0.2, -0.15) is 13.2 Å². The molecule has 0 aliphatic carbocycles. The fourth-order valence-corrected chi connectivity index (χ4v) is 1.61. The first kappa shape index (κ1) is 12.3. The van der Waals surface area contributed by atoms with Gasteiger partial charge in [0.1, 0.15) is 0 Å². The number of anilines is 2. The Morgan fingerprint density at radius 1 is 0.722 bits per heavy atom. The average molecular weight is 252 g/mol. The Kier molecular flexibility index (Phi) is 2.90. The molecule has 5 heteroatoms. The second kappa shape index (κ2) is 4.25. The summed E-state index contributed by atoms with van der Waals surface area (Å²) in [6, 6.07) is 9.89. The van der Waals surface area contributed by atoms with E-state index in [2.05, 4.69) is 0 Å². The topological polar surface area (TPSA) is 52.0 Å². The van der Waals surface area contributed by atoms with Crippen LogP contribution >= 0.6 is 0 Å². The van der Waals surface area contributed by atoms with Crippen molar-refractivity contribution in [3.05, 3.63) is 48.0 Å². The normalized spacial score (nSPS) is 11.5. The Morgan fingerprint density at radius 3 is 1.78 bits per heavy atom. The van der Waals surface area contributed by atoms with Crippen LogP contribution < -0.4 is 11.5 Å². The van der Waals surface area contributed by atoms with E-state index in [1.54, 1.807) is 18.2 Å². The van der Waals surface area contributed by atoms with Gasteiger partial charge in [-0.25, -0.2) is 0 Å². The first-order valence-electron chi connectivity index (χ1n) is 5.20. The van der Waals surface area contributed by atoms with Gasteiger partial charge in [-0.3, -0.25) is 0 Å². The van der Waals surface area contributed by atoms with Crippen molar-refractivity contribution in [2.75, 3.05) is 11.5 Å². The summed E-state index contributed by atoms with van der Waals surface area (Å²) in [4.78, 5) is 0. The van der Waals surface area contributed by atoms with E-state index in [1.807, 2.05) is 0 Å². The zero-order chi connectivity index (χ0) is 13.3. The predicted molar refractivity (Wildman–Crippen MR) is 65.7 cm³/mol. The van der Waals surface area contributed by atoms with Gasteiger partial charge in [-0.15, -0.1) is 0 Å². The molecule has 0 amide bonds. The van der Waals surface area contributed by atoms with Crippen molar-refractivity contribution in [3.8, 4) is 11.1 Å². The summed E-state index contributed by atoms with van der Waals surface area (Å²) in [5.74, 6) is 0. The maximum Gasteiger partial charge on any atom is 0.416 e. The molecule has 0 aliphatic heterocycles. The molecular weight excluding hydrogens is 241 g/mol. The summed E-state index contributed by atoms with van der Waals surface area (Å²) in [6.45, 7) is 0. The smallest absolute Gasteiger partial charge is 0.397 e. The Bertz CT molecular complexity index is 559. The Hall–Kier alpha value is -2.17. The van der Waals surface area contributed by atoms with Crippen LogP contribution in [0.4, 0.5) is 24.5 Å². The highest BCUT2D eigenvalue weighted by molar-refractivity contribution is 5.74. The molecule has 0 atom stereocenters. The van der Waals surface area contributed by atoms with Crippen molar-refractivity contribution in [2.24, 2.45) is 0 Å². The molecule has 2 rings (SSSR count). The van der Waals surface area contributed by atoms with Crippen molar-refractivity contribution in [1.29, 1.82) is 0 Å². The number of alkyl halides is 3. The van der Waals surface area contributed by atoms with Gasteiger partial charge >= 0.3 is 6.18 Å². The molecule has 0 unspecified atom stereocenters. The minimum Gasteiger partial charge on any atom is -0.397 e. The lowest BCUT2D eigenvalue weighted by Gasteiger charge is -2.08. The Balaban J connectivity index is 2.37. The molecule has 94 valence electrons. The maximum absolute atomic E-state index is 12.4. The number of rotatable bonds is 1. The largest absolute Gasteiger partial charge is 0.416 e. The monoisotopic (exact) mass is 252 g/mol. The van der Waals surface area contributed by atoms with Crippen LogP contribution in [0.3, 0.4) is 0 Å². The second-order valence-electron chi connectivity index (χ2n) is 3.92. The number of nitrogen functional groups attached to an aromatic ring is 2. The molecule has 2 aromatic carbocycles. The van der Waals surface area contributed by atoms with Crippen molar-refractivity contribution in [1.82, 2.24) is 0 Å². The lowest BCUT2D eigenvalue weighted by atomic mass is 10.0. The second-order valence-corrected chi connectivity index (χ2v) is 3.92. The van der Waals surface area contributed by atoms with Gasteiger partial charge in [0.2, 0.25) is 0 Å². The van der Waals surface area contributed by atoms with Crippen molar-refractivity contribution in [3.63, 3.8) is 0 Å². The molecule has 0 saturated carbocycles. The molecule has 4 N–H and O–H groups in total. The molecule has 0 spiro atoms. The summed E-state index contributed by atoms with van der Waals surface area (Å²) in [6.07, 6.45) is -4.32. The molecule has 2 aromatic rings. The van der Waals surface area contributed by atoms with Crippen LogP contribution in [-0.2, 0) is 6.18 Å². The van der Waals surface area contributed by atoms with Crippen LogP contribution in [0.1, 0.15) is 5.56 Å². The number of hydrogen-bond donors (Lipinski definition) is 2. The number of halogens is 3. The molecule has 0 radical (unpaired) electrons. The molecule has 18 heavy (non-hydrogen) atoms. The summed E-state index contributed by atoms with van der Waals surface area (Å²) in [7, 11) is 0. The van der Waals surface area contributed by atoms with Crippen LogP contribution in [0.25, 0.3) is 11.1 Å². The minimum atomic E-state index is -4.32. The Morgan fingerprint density at radius 2 is 1.28 bits per heavy atom. The predicted octanol–water partition coefficient (Wildman–Crippen LogP) is 3.54. The average Bonchev–Trinajstić information content (AvgIpc) is 2.32. The van der Waals surface area contributed by atoms with Crippen LogP contribution in [0, 0.1) is 0 Å². The van der Waals surface area contributed by atoms with Crippen molar-refractivity contribution in [2.45, 2.75) is 6.18 Å². The molecule has 0 fully saturated rings. The molecule has 2 nitrogen and oxygen atoms in total. The summed E-state index contributed by atoms with van der Waals surface area (Å²) < 4.78 is 37.2. The number of hydrogen-bond acceptors (Lipinski definition) is 2. The highest BCUT2D eigenvalue weighted by Crippen LogP contribution is 2.31. The lowest BCUT2D eigenvalue weighted by molar-refractivity contribution is -0.137. The van der Waals surface area contributed by atoms with Crippen LogP contribution in [0.5, 0.6) is 0 Å². The first-order chi connectivity index (χ1) is 8.38. The molecular formula is C13H11F3N2. The van der Waals surface area contributed by atoms with E-state index in [1.165, 1.54) is 12.1 Å². The molecule has 0 aromatic heterocycles. The van der Waals surface area contributed by atoms with Crippen LogP contribution in [-0.4, -0.2) is 0 Å². The fraction of sp³-hybridized carbons (Fsp3) is 0.0769. The number of nitrogens with two attached hydrogens (primary N) is 2. The highest BCUT2D eigenvalue weighted by atomic mass is 19.4. The van der Waals surface area contributed by atoms with Gasteiger partial charge in [0.15, 0.2) is 0 Å². The first-order valence-corrected chi connectivity index (χ1v) is 5.20. The maximum atomic E-state index is 12.4. The highest BCUT2D eigenvalue weighted by Gasteiger charge is 2.29. The third-order valence-electron chi connectivity index (χ3n) is 2.63. The molecule has 0 heterocycles. The number of benzene rings is 2. The van der Waals surface area contributed by atoms with Gasteiger partial charge in [-0.05, 0) is 35.4 Å². The molecule has 0 bridgehead atoms. The van der Waals surface area contributed by atoms with E-state index in [0.29, 0.717) is 16.9 Å². The van der Waals surface area contributed by atoms with Crippen molar-refractivity contribution >= 4 is 11.4 Å².